The molecule has 1 unspecified atom stereocenters. The molecule has 0 bridgehead atoms. The number of piperidine rings is 1. The first kappa shape index (κ1) is 15.6. The second-order valence-electron chi connectivity index (χ2n) is 5.29. The number of carbonyl (C=O) groups is 1. The molecule has 1 aromatic rings. The molecule has 1 heterocycles. The van der Waals surface area contributed by atoms with Gasteiger partial charge in [-0.3, -0.25) is 9.69 Å². The van der Waals surface area contributed by atoms with E-state index in [0.717, 1.165) is 24.9 Å². The lowest BCUT2D eigenvalue weighted by atomic mass is 9.97. The molecule has 5 heteroatoms. The van der Waals surface area contributed by atoms with Gasteiger partial charge in [0.25, 0.3) is 0 Å². The predicted octanol–water partition coefficient (Wildman–Crippen LogP) is 2.18. The summed E-state index contributed by atoms with van der Waals surface area (Å²) in [5.41, 5.74) is 0.818. The minimum atomic E-state index is -0.114. The molecule has 21 heavy (non-hydrogen) atoms. The number of aromatic hydroxyl groups is 1. The van der Waals surface area contributed by atoms with Crippen LogP contribution in [0.25, 0.3) is 0 Å². The van der Waals surface area contributed by atoms with E-state index < -0.39 is 0 Å². The first-order valence-corrected chi connectivity index (χ1v) is 7.39. The van der Waals surface area contributed by atoms with E-state index in [-0.39, 0.29) is 17.6 Å². The van der Waals surface area contributed by atoms with Crippen LogP contribution in [0.5, 0.6) is 11.5 Å². The molecule has 1 aliphatic rings. The Labute approximate surface area is 125 Å². The van der Waals surface area contributed by atoms with Crippen LogP contribution in [-0.4, -0.2) is 42.8 Å². The van der Waals surface area contributed by atoms with E-state index >= 15 is 0 Å². The number of hydrogen-bond acceptors (Lipinski definition) is 5. The largest absolute Gasteiger partial charge is 0.504 e. The summed E-state index contributed by atoms with van der Waals surface area (Å²) in [6.45, 7) is 4.46. The van der Waals surface area contributed by atoms with Gasteiger partial charge in [0.1, 0.15) is 0 Å². The Kier molecular flexibility index (Phi) is 5.44. The van der Waals surface area contributed by atoms with Gasteiger partial charge in [-0.05, 0) is 32.4 Å². The molecular formula is C16H23NO4. The first-order valence-electron chi connectivity index (χ1n) is 7.39. The van der Waals surface area contributed by atoms with Crippen LogP contribution in [0, 0.1) is 5.92 Å². The van der Waals surface area contributed by atoms with Gasteiger partial charge in [0.05, 0.1) is 19.6 Å². The van der Waals surface area contributed by atoms with Crippen molar-refractivity contribution in [2.45, 2.75) is 26.3 Å². The van der Waals surface area contributed by atoms with Crippen molar-refractivity contribution in [2.24, 2.45) is 5.92 Å². The molecular weight excluding hydrogens is 270 g/mol. The summed E-state index contributed by atoms with van der Waals surface area (Å²) >= 11 is 0. The summed E-state index contributed by atoms with van der Waals surface area (Å²) in [7, 11) is 1.54. The zero-order valence-corrected chi connectivity index (χ0v) is 12.7. The van der Waals surface area contributed by atoms with Gasteiger partial charge in [0, 0.05) is 18.7 Å². The molecule has 5 nitrogen and oxygen atoms in total. The van der Waals surface area contributed by atoms with Gasteiger partial charge in [-0.1, -0.05) is 12.1 Å². The number of para-hydroxylation sites is 1. The highest BCUT2D eigenvalue weighted by Gasteiger charge is 2.27. The highest BCUT2D eigenvalue weighted by atomic mass is 16.5. The lowest BCUT2D eigenvalue weighted by Gasteiger charge is -2.31. The van der Waals surface area contributed by atoms with Gasteiger partial charge in [-0.15, -0.1) is 0 Å². The summed E-state index contributed by atoms with van der Waals surface area (Å²) in [5.74, 6) is 0.480. The van der Waals surface area contributed by atoms with Crippen molar-refractivity contribution in [3.8, 4) is 11.5 Å². The second kappa shape index (κ2) is 7.31. The number of methoxy groups -OCH3 is 1. The highest BCUT2D eigenvalue weighted by molar-refractivity contribution is 5.72. The number of esters is 1. The summed E-state index contributed by atoms with van der Waals surface area (Å²) in [6, 6.07) is 5.48. The van der Waals surface area contributed by atoms with Gasteiger partial charge in [0.2, 0.25) is 0 Å². The quantitative estimate of drug-likeness (QED) is 0.843. The van der Waals surface area contributed by atoms with E-state index in [1.807, 2.05) is 19.1 Å². The smallest absolute Gasteiger partial charge is 0.310 e. The molecule has 1 aromatic carbocycles. The zero-order chi connectivity index (χ0) is 15.2. The monoisotopic (exact) mass is 293 g/mol. The maximum atomic E-state index is 11.8. The Balaban J connectivity index is 2.01. The minimum absolute atomic E-state index is 0.0635. The molecule has 0 aromatic heterocycles. The van der Waals surface area contributed by atoms with Crippen LogP contribution in [0.1, 0.15) is 25.3 Å². The highest BCUT2D eigenvalue weighted by Crippen LogP contribution is 2.31. The number of benzene rings is 1. The van der Waals surface area contributed by atoms with Crippen LogP contribution in [0.15, 0.2) is 18.2 Å². The summed E-state index contributed by atoms with van der Waals surface area (Å²) in [4.78, 5) is 14.0. The maximum Gasteiger partial charge on any atom is 0.310 e. The standard InChI is InChI=1S/C16H23NO4/c1-3-21-16(19)13-7-5-9-17(11-13)10-12-6-4-8-14(20-2)15(12)18/h4,6,8,13,18H,3,5,7,9-11H2,1-2H3. The molecule has 1 aliphatic heterocycles. The van der Waals surface area contributed by atoms with Gasteiger partial charge >= 0.3 is 5.97 Å². The van der Waals surface area contributed by atoms with E-state index in [0.29, 0.717) is 25.4 Å². The van der Waals surface area contributed by atoms with Crippen LogP contribution >= 0.6 is 0 Å². The molecule has 1 N–H and O–H groups in total. The zero-order valence-electron chi connectivity index (χ0n) is 12.7. The Hall–Kier alpha value is -1.75. The normalized spacial score (nSPS) is 19.2. The van der Waals surface area contributed by atoms with Crippen molar-refractivity contribution in [3.05, 3.63) is 23.8 Å². The number of nitrogens with zero attached hydrogens (tertiary/aromatic N) is 1. The fourth-order valence-corrected chi connectivity index (χ4v) is 2.75. The van der Waals surface area contributed by atoms with Crippen LogP contribution < -0.4 is 4.74 Å². The molecule has 2 rings (SSSR count). The van der Waals surface area contributed by atoms with E-state index in [2.05, 4.69) is 4.90 Å². The summed E-state index contributed by atoms with van der Waals surface area (Å²) in [5, 5.41) is 10.1. The van der Waals surface area contributed by atoms with Gasteiger partial charge < -0.3 is 14.6 Å². The van der Waals surface area contributed by atoms with Crippen molar-refractivity contribution in [3.63, 3.8) is 0 Å². The average Bonchev–Trinajstić information content (AvgIpc) is 2.50. The van der Waals surface area contributed by atoms with E-state index in [9.17, 15) is 9.90 Å². The number of ether oxygens (including phenoxy) is 2. The minimum Gasteiger partial charge on any atom is -0.504 e. The van der Waals surface area contributed by atoms with Crippen LogP contribution in [-0.2, 0) is 16.1 Å². The molecule has 116 valence electrons. The number of rotatable bonds is 5. The number of phenols is 1. The average molecular weight is 293 g/mol. The number of likely N-dealkylation sites (tertiary alicyclic amines) is 1. The van der Waals surface area contributed by atoms with Crippen LogP contribution in [0.3, 0.4) is 0 Å². The summed E-state index contributed by atoms with van der Waals surface area (Å²) in [6.07, 6.45) is 1.84. The van der Waals surface area contributed by atoms with Crippen molar-refractivity contribution < 1.29 is 19.4 Å². The predicted molar refractivity (Wildman–Crippen MR) is 79.3 cm³/mol. The molecule has 1 saturated heterocycles. The molecule has 0 amide bonds. The third-order valence-corrected chi connectivity index (χ3v) is 3.82. The van der Waals surface area contributed by atoms with Crippen LogP contribution in [0.4, 0.5) is 0 Å². The number of phenolic OH excluding ortho intramolecular Hbond substituents is 1. The third kappa shape index (κ3) is 3.88. The molecule has 1 fully saturated rings. The van der Waals surface area contributed by atoms with Gasteiger partial charge in [0.15, 0.2) is 11.5 Å². The van der Waals surface area contributed by atoms with Crippen LogP contribution in [0.2, 0.25) is 0 Å². The molecule has 0 saturated carbocycles. The molecule has 1 atom stereocenters. The second-order valence-corrected chi connectivity index (χ2v) is 5.29. The topological polar surface area (TPSA) is 59.0 Å². The maximum absolute atomic E-state index is 11.8. The van der Waals surface area contributed by atoms with Gasteiger partial charge in [-0.2, -0.15) is 0 Å². The van der Waals surface area contributed by atoms with Crippen molar-refractivity contribution >= 4 is 5.97 Å². The first-order chi connectivity index (χ1) is 10.2. The van der Waals surface area contributed by atoms with E-state index in [4.69, 9.17) is 9.47 Å². The van der Waals surface area contributed by atoms with Crippen molar-refractivity contribution in [1.82, 2.24) is 4.90 Å². The van der Waals surface area contributed by atoms with Crippen molar-refractivity contribution in [1.29, 1.82) is 0 Å². The van der Waals surface area contributed by atoms with E-state index in [1.165, 1.54) is 7.11 Å². The molecule has 0 aliphatic carbocycles. The Morgan fingerprint density at radius 2 is 2.29 bits per heavy atom. The number of hydrogen-bond donors (Lipinski definition) is 1. The fourth-order valence-electron chi connectivity index (χ4n) is 2.75. The fraction of sp³-hybridized carbons (Fsp3) is 0.562. The molecule has 0 spiro atoms. The lowest BCUT2D eigenvalue weighted by molar-refractivity contribution is -0.150. The summed E-state index contributed by atoms with van der Waals surface area (Å²) < 4.78 is 10.2. The van der Waals surface area contributed by atoms with Crippen molar-refractivity contribution in [2.75, 3.05) is 26.8 Å². The molecule has 0 radical (unpaired) electrons. The number of carbonyl (C=O) groups excluding carboxylic acids is 1. The third-order valence-electron chi connectivity index (χ3n) is 3.82. The van der Waals surface area contributed by atoms with Gasteiger partial charge in [-0.25, -0.2) is 0 Å². The van der Waals surface area contributed by atoms with E-state index in [1.54, 1.807) is 6.07 Å². The lowest BCUT2D eigenvalue weighted by Crippen LogP contribution is -2.38. The Morgan fingerprint density at radius 3 is 3.00 bits per heavy atom. The Bertz CT molecular complexity index is 489. The SMILES string of the molecule is CCOC(=O)C1CCCN(Cc2cccc(OC)c2O)C1. The Morgan fingerprint density at radius 1 is 1.48 bits per heavy atom.